The Balaban J connectivity index is 1.46. The first kappa shape index (κ1) is 27.8. The number of hydrogen-bond donors (Lipinski definition) is 2. The number of aromatic amines is 1. The summed E-state index contributed by atoms with van der Waals surface area (Å²) in [7, 11) is 0. The summed E-state index contributed by atoms with van der Waals surface area (Å²) in [4.78, 5) is 43.2. The van der Waals surface area contributed by atoms with E-state index in [1.807, 2.05) is 0 Å². The number of fused-ring (bicyclic) bond motifs is 1. The molecule has 1 aromatic heterocycles. The highest BCUT2D eigenvalue weighted by Gasteiger charge is 2.40. The zero-order chi connectivity index (χ0) is 28.8. The summed E-state index contributed by atoms with van der Waals surface area (Å²) in [6.07, 6.45) is -4.70. The number of ether oxygens (including phenoxy) is 1. The molecule has 0 saturated carbocycles. The molecule has 14 heteroatoms. The fourth-order valence-corrected chi connectivity index (χ4v) is 5.29. The standard InChI is InChI=1S/C26H22ClF5N4O4/c27-13-10-16(25(39)35-6-8-40-9-7-35)22(17(11-13)26(30,31)32)36-5-4-14(12-36)33-23(37)19-15-2-1-3-18(28)21(15)34-24(38)20(19)29/h1-3,10-11,14H,4-9,12H2,(H,33,37)(H,34,38)/t14-/m1/s1. The molecule has 0 radical (unpaired) electrons. The number of anilines is 1. The molecule has 0 unspecified atom stereocenters. The van der Waals surface area contributed by atoms with Crippen LogP contribution in [0.15, 0.2) is 35.1 Å². The van der Waals surface area contributed by atoms with E-state index in [9.17, 15) is 36.3 Å². The van der Waals surface area contributed by atoms with Gasteiger partial charge in [-0.25, -0.2) is 4.39 Å². The van der Waals surface area contributed by atoms with Gasteiger partial charge in [0, 0.05) is 42.6 Å². The average molecular weight is 585 g/mol. The second-order valence-electron chi connectivity index (χ2n) is 9.46. The minimum Gasteiger partial charge on any atom is -0.378 e. The van der Waals surface area contributed by atoms with E-state index in [1.54, 1.807) is 0 Å². The largest absolute Gasteiger partial charge is 0.418 e. The summed E-state index contributed by atoms with van der Waals surface area (Å²) >= 11 is 6.01. The number of H-pyrrole nitrogens is 1. The van der Waals surface area contributed by atoms with Gasteiger partial charge in [0.15, 0.2) is 0 Å². The van der Waals surface area contributed by atoms with Gasteiger partial charge in [-0.1, -0.05) is 23.7 Å². The molecule has 212 valence electrons. The second-order valence-corrected chi connectivity index (χ2v) is 9.90. The second kappa shape index (κ2) is 10.7. The van der Waals surface area contributed by atoms with Crippen LogP contribution in [0, 0.1) is 11.6 Å². The molecule has 2 amide bonds. The van der Waals surface area contributed by atoms with E-state index in [-0.39, 0.29) is 73.0 Å². The Morgan fingerprint density at radius 1 is 1.10 bits per heavy atom. The Labute approximate surface area is 228 Å². The quantitative estimate of drug-likeness (QED) is 0.453. The number of amides is 2. The maximum Gasteiger partial charge on any atom is 0.418 e. The molecule has 1 atom stereocenters. The summed E-state index contributed by atoms with van der Waals surface area (Å²) in [6, 6.07) is 4.69. The Kier molecular flexibility index (Phi) is 7.44. The van der Waals surface area contributed by atoms with Crippen LogP contribution in [-0.4, -0.2) is 67.1 Å². The first-order valence-corrected chi connectivity index (χ1v) is 12.7. The molecule has 40 heavy (non-hydrogen) atoms. The molecule has 3 heterocycles. The van der Waals surface area contributed by atoms with Crippen LogP contribution in [0.4, 0.5) is 27.6 Å². The van der Waals surface area contributed by atoms with Crippen molar-refractivity contribution in [2.24, 2.45) is 0 Å². The third-order valence-electron chi connectivity index (χ3n) is 6.92. The van der Waals surface area contributed by atoms with Crippen LogP contribution in [0.3, 0.4) is 0 Å². The molecule has 8 nitrogen and oxygen atoms in total. The van der Waals surface area contributed by atoms with E-state index in [0.717, 1.165) is 12.1 Å². The molecule has 3 aromatic rings. The van der Waals surface area contributed by atoms with Crippen LogP contribution in [0.2, 0.25) is 5.02 Å². The normalized spacial score (nSPS) is 17.9. The number of nitrogens with one attached hydrogen (secondary N) is 2. The highest BCUT2D eigenvalue weighted by Crippen LogP contribution is 2.42. The summed E-state index contributed by atoms with van der Waals surface area (Å²) in [5, 5.41) is 2.11. The van der Waals surface area contributed by atoms with Gasteiger partial charge in [-0.05, 0) is 24.6 Å². The highest BCUT2D eigenvalue weighted by atomic mass is 35.5. The molecule has 0 aliphatic carbocycles. The number of benzene rings is 2. The average Bonchev–Trinajstić information content (AvgIpc) is 3.37. The molecule has 2 fully saturated rings. The van der Waals surface area contributed by atoms with E-state index in [4.69, 9.17) is 16.3 Å². The number of hydrogen-bond acceptors (Lipinski definition) is 5. The number of para-hydroxylation sites is 1. The molecule has 5 rings (SSSR count). The lowest BCUT2D eigenvalue weighted by molar-refractivity contribution is -0.137. The number of halogens is 6. The molecule has 0 bridgehead atoms. The van der Waals surface area contributed by atoms with Crippen molar-refractivity contribution in [1.82, 2.24) is 15.2 Å². The van der Waals surface area contributed by atoms with Gasteiger partial charge in [0.25, 0.3) is 17.4 Å². The predicted molar refractivity (Wildman–Crippen MR) is 136 cm³/mol. The van der Waals surface area contributed by atoms with Gasteiger partial charge in [0.1, 0.15) is 5.82 Å². The van der Waals surface area contributed by atoms with Gasteiger partial charge in [0.2, 0.25) is 5.82 Å². The number of rotatable bonds is 4. The van der Waals surface area contributed by atoms with E-state index >= 15 is 0 Å². The molecule has 2 aliphatic heterocycles. The smallest absolute Gasteiger partial charge is 0.378 e. The van der Waals surface area contributed by atoms with Crippen LogP contribution in [0.5, 0.6) is 0 Å². The lowest BCUT2D eigenvalue weighted by atomic mass is 10.0. The maximum absolute atomic E-state index is 14.7. The van der Waals surface area contributed by atoms with Crippen molar-refractivity contribution in [2.75, 3.05) is 44.3 Å². The Hall–Kier alpha value is -3.71. The van der Waals surface area contributed by atoms with Crippen molar-refractivity contribution in [3.05, 3.63) is 74.0 Å². The van der Waals surface area contributed by atoms with Crippen molar-refractivity contribution in [1.29, 1.82) is 0 Å². The van der Waals surface area contributed by atoms with Gasteiger partial charge in [0.05, 0.1) is 41.1 Å². The minimum atomic E-state index is -4.85. The summed E-state index contributed by atoms with van der Waals surface area (Å²) in [5.41, 5.74) is -4.05. The van der Waals surface area contributed by atoms with Gasteiger partial charge >= 0.3 is 6.18 Å². The number of aromatic nitrogens is 1. The fourth-order valence-electron chi connectivity index (χ4n) is 5.08. The van der Waals surface area contributed by atoms with Gasteiger partial charge < -0.3 is 24.8 Å². The monoisotopic (exact) mass is 584 g/mol. The third-order valence-corrected chi connectivity index (χ3v) is 7.13. The summed E-state index contributed by atoms with van der Waals surface area (Å²) in [5.74, 6) is -3.95. The van der Waals surface area contributed by atoms with Crippen molar-refractivity contribution in [3.8, 4) is 0 Å². The van der Waals surface area contributed by atoms with Crippen molar-refractivity contribution in [3.63, 3.8) is 0 Å². The first-order chi connectivity index (χ1) is 19.0. The van der Waals surface area contributed by atoms with Crippen LogP contribution < -0.4 is 15.8 Å². The number of pyridine rings is 1. The SMILES string of the molecule is O=C(N[C@@H]1CCN(c2c(C(=O)N3CCOCC3)cc(Cl)cc2C(F)(F)F)C1)c1c(F)c(=O)[nH]c2c(F)cccc12. The summed E-state index contributed by atoms with van der Waals surface area (Å²) in [6.45, 7) is 0.734. The Bertz CT molecular complexity index is 1550. The summed E-state index contributed by atoms with van der Waals surface area (Å²) < 4.78 is 76.7. The van der Waals surface area contributed by atoms with Gasteiger partial charge in [-0.3, -0.25) is 14.4 Å². The lowest BCUT2D eigenvalue weighted by Crippen LogP contribution is -2.42. The molecule has 2 N–H and O–H groups in total. The number of alkyl halides is 3. The Morgan fingerprint density at radius 3 is 2.52 bits per heavy atom. The minimum absolute atomic E-state index is 0.0201. The van der Waals surface area contributed by atoms with Crippen molar-refractivity contribution >= 4 is 40.0 Å². The predicted octanol–water partition coefficient (Wildman–Crippen LogP) is 3.96. The number of morpholine rings is 1. The molecule has 2 aromatic carbocycles. The van der Waals surface area contributed by atoms with Gasteiger partial charge in [-0.2, -0.15) is 17.6 Å². The molecule has 0 spiro atoms. The lowest BCUT2D eigenvalue weighted by Gasteiger charge is -2.31. The van der Waals surface area contributed by atoms with Crippen molar-refractivity contribution in [2.45, 2.75) is 18.6 Å². The molecule has 2 aliphatic rings. The number of nitrogens with zero attached hydrogens (tertiary/aromatic N) is 2. The molecule has 2 saturated heterocycles. The van der Waals surface area contributed by atoms with E-state index in [0.29, 0.717) is 0 Å². The fraction of sp³-hybridized carbons (Fsp3) is 0.346. The topological polar surface area (TPSA) is 94.7 Å². The van der Waals surface area contributed by atoms with Gasteiger partial charge in [-0.15, -0.1) is 0 Å². The van der Waals surface area contributed by atoms with E-state index < -0.39 is 52.4 Å². The Morgan fingerprint density at radius 2 is 1.82 bits per heavy atom. The highest BCUT2D eigenvalue weighted by molar-refractivity contribution is 6.31. The molecular weight excluding hydrogens is 563 g/mol. The third kappa shape index (κ3) is 5.22. The zero-order valence-electron chi connectivity index (χ0n) is 20.7. The first-order valence-electron chi connectivity index (χ1n) is 12.3. The van der Waals surface area contributed by atoms with E-state index in [2.05, 4.69) is 10.3 Å². The molecular formula is C26H22ClF5N4O4. The van der Waals surface area contributed by atoms with E-state index in [1.165, 1.54) is 28.0 Å². The van der Waals surface area contributed by atoms with Crippen LogP contribution >= 0.6 is 11.6 Å². The van der Waals surface area contributed by atoms with Crippen LogP contribution in [0.25, 0.3) is 10.9 Å². The van der Waals surface area contributed by atoms with Crippen molar-refractivity contribution < 1.29 is 36.3 Å². The van der Waals surface area contributed by atoms with Crippen LogP contribution in [-0.2, 0) is 10.9 Å². The number of carbonyl (C=O) groups excluding carboxylic acids is 2. The maximum atomic E-state index is 14.7. The van der Waals surface area contributed by atoms with Crippen LogP contribution in [0.1, 0.15) is 32.7 Å². The zero-order valence-corrected chi connectivity index (χ0v) is 21.5. The number of carbonyl (C=O) groups is 2.